The molecule has 3 aromatic carbocycles. The lowest BCUT2D eigenvalue weighted by Gasteiger charge is -2.25. The lowest BCUT2D eigenvalue weighted by atomic mass is 10.1. The maximum atomic E-state index is 12.8. The van der Waals surface area contributed by atoms with Crippen LogP contribution in [-0.4, -0.2) is 24.0 Å². The Balaban J connectivity index is 1.61. The summed E-state index contributed by atoms with van der Waals surface area (Å²) in [4.78, 5) is 14.7. The summed E-state index contributed by atoms with van der Waals surface area (Å²) in [6.07, 6.45) is 0. The zero-order valence-electron chi connectivity index (χ0n) is 17.7. The third-order valence-electron chi connectivity index (χ3n) is 4.56. The summed E-state index contributed by atoms with van der Waals surface area (Å²) in [6.45, 7) is 5.96. The summed E-state index contributed by atoms with van der Waals surface area (Å²) in [6, 6.07) is 27.4. The second-order valence-corrected chi connectivity index (χ2v) is 7.69. The minimum atomic E-state index is -0.0249. The smallest absolute Gasteiger partial charge is 0.260 e. The Morgan fingerprint density at radius 3 is 2.13 bits per heavy atom. The average molecular weight is 404 g/mol. The van der Waals surface area contributed by atoms with Gasteiger partial charge in [0.15, 0.2) is 6.61 Å². The fourth-order valence-electron chi connectivity index (χ4n) is 3.14. The maximum absolute atomic E-state index is 12.8. The summed E-state index contributed by atoms with van der Waals surface area (Å²) < 4.78 is 11.6. The standard InChI is InChI=1S/C26H29NO3/c1-21(2)17-27(26(28)20-30-24-13-7-4-8-14-24)18-23-12-9-15-25(16-23)29-19-22-10-5-3-6-11-22/h3-16,21H,17-20H2,1-2H3. The van der Waals surface area contributed by atoms with Crippen LogP contribution in [0, 0.1) is 5.92 Å². The molecule has 0 heterocycles. The molecule has 0 saturated carbocycles. The van der Waals surface area contributed by atoms with Crippen molar-refractivity contribution in [3.05, 3.63) is 96.1 Å². The molecule has 0 aliphatic rings. The Kier molecular flexibility index (Phi) is 7.90. The predicted molar refractivity (Wildman–Crippen MR) is 119 cm³/mol. The monoisotopic (exact) mass is 403 g/mol. The van der Waals surface area contributed by atoms with E-state index in [1.165, 1.54) is 0 Å². The zero-order chi connectivity index (χ0) is 21.2. The molecular formula is C26H29NO3. The molecule has 0 N–H and O–H groups in total. The Bertz CT molecular complexity index is 910. The molecule has 3 rings (SSSR count). The normalized spacial score (nSPS) is 10.6. The lowest BCUT2D eigenvalue weighted by Crippen LogP contribution is -2.37. The molecular weight excluding hydrogens is 374 g/mol. The SMILES string of the molecule is CC(C)CN(Cc1cccc(OCc2ccccc2)c1)C(=O)COc1ccccc1. The summed E-state index contributed by atoms with van der Waals surface area (Å²) in [5.41, 5.74) is 2.16. The van der Waals surface area contributed by atoms with Gasteiger partial charge in [-0.25, -0.2) is 0 Å². The van der Waals surface area contributed by atoms with Crippen LogP contribution in [0.3, 0.4) is 0 Å². The predicted octanol–water partition coefficient (Wildman–Crippen LogP) is 5.33. The first-order valence-corrected chi connectivity index (χ1v) is 10.3. The highest BCUT2D eigenvalue weighted by atomic mass is 16.5. The number of carbonyl (C=O) groups is 1. The van der Waals surface area contributed by atoms with Crippen LogP contribution in [0.5, 0.6) is 11.5 Å². The van der Waals surface area contributed by atoms with E-state index in [0.29, 0.717) is 31.4 Å². The van der Waals surface area contributed by atoms with Gasteiger partial charge in [0.2, 0.25) is 0 Å². The molecule has 0 bridgehead atoms. The number of carbonyl (C=O) groups excluding carboxylic acids is 1. The first-order valence-electron chi connectivity index (χ1n) is 10.3. The van der Waals surface area contributed by atoms with E-state index >= 15 is 0 Å². The van der Waals surface area contributed by atoms with Gasteiger partial charge in [-0.1, -0.05) is 74.5 Å². The number of hydrogen-bond donors (Lipinski definition) is 0. The van der Waals surface area contributed by atoms with Gasteiger partial charge >= 0.3 is 0 Å². The number of amides is 1. The molecule has 0 fully saturated rings. The average Bonchev–Trinajstić information content (AvgIpc) is 2.77. The van der Waals surface area contributed by atoms with Crippen LogP contribution < -0.4 is 9.47 Å². The number of para-hydroxylation sites is 1. The Labute approximate surface area is 179 Å². The number of benzene rings is 3. The molecule has 4 nitrogen and oxygen atoms in total. The van der Waals surface area contributed by atoms with Crippen molar-refractivity contribution < 1.29 is 14.3 Å². The van der Waals surface area contributed by atoms with Crippen LogP contribution in [0.25, 0.3) is 0 Å². The molecule has 156 valence electrons. The van der Waals surface area contributed by atoms with Gasteiger partial charge in [-0.05, 0) is 41.3 Å². The van der Waals surface area contributed by atoms with Crippen LogP contribution in [0.4, 0.5) is 0 Å². The van der Waals surface area contributed by atoms with Crippen molar-refractivity contribution in [1.82, 2.24) is 4.90 Å². The molecule has 4 heteroatoms. The fourth-order valence-corrected chi connectivity index (χ4v) is 3.14. The highest BCUT2D eigenvalue weighted by Crippen LogP contribution is 2.18. The van der Waals surface area contributed by atoms with Gasteiger partial charge in [0, 0.05) is 13.1 Å². The number of nitrogens with zero attached hydrogens (tertiary/aromatic N) is 1. The first kappa shape index (κ1) is 21.4. The minimum Gasteiger partial charge on any atom is -0.489 e. The largest absolute Gasteiger partial charge is 0.489 e. The van der Waals surface area contributed by atoms with Crippen molar-refractivity contribution in [2.24, 2.45) is 5.92 Å². The summed E-state index contributed by atoms with van der Waals surface area (Å²) in [5, 5.41) is 0. The summed E-state index contributed by atoms with van der Waals surface area (Å²) in [7, 11) is 0. The molecule has 0 radical (unpaired) electrons. The van der Waals surface area contributed by atoms with Gasteiger partial charge in [-0.3, -0.25) is 4.79 Å². The van der Waals surface area contributed by atoms with E-state index in [4.69, 9.17) is 9.47 Å². The van der Waals surface area contributed by atoms with Crippen LogP contribution in [0.15, 0.2) is 84.9 Å². The van der Waals surface area contributed by atoms with Gasteiger partial charge in [0.05, 0.1) is 0 Å². The minimum absolute atomic E-state index is 0.0249. The van der Waals surface area contributed by atoms with Crippen molar-refractivity contribution >= 4 is 5.91 Å². The third-order valence-corrected chi connectivity index (χ3v) is 4.56. The second-order valence-electron chi connectivity index (χ2n) is 7.69. The zero-order valence-corrected chi connectivity index (χ0v) is 17.7. The highest BCUT2D eigenvalue weighted by molar-refractivity contribution is 5.77. The van der Waals surface area contributed by atoms with E-state index < -0.39 is 0 Å². The van der Waals surface area contributed by atoms with Crippen molar-refractivity contribution in [1.29, 1.82) is 0 Å². The molecule has 0 spiro atoms. The van der Waals surface area contributed by atoms with Gasteiger partial charge in [0.1, 0.15) is 18.1 Å². The van der Waals surface area contributed by atoms with E-state index in [2.05, 4.69) is 13.8 Å². The molecule has 1 amide bonds. The summed E-state index contributed by atoms with van der Waals surface area (Å²) >= 11 is 0. The van der Waals surface area contributed by atoms with E-state index in [9.17, 15) is 4.79 Å². The second kappa shape index (κ2) is 11.1. The topological polar surface area (TPSA) is 38.8 Å². The molecule has 0 aromatic heterocycles. The van der Waals surface area contributed by atoms with Gasteiger partial charge in [0.25, 0.3) is 5.91 Å². The molecule has 30 heavy (non-hydrogen) atoms. The molecule has 3 aromatic rings. The molecule has 0 unspecified atom stereocenters. The lowest BCUT2D eigenvalue weighted by molar-refractivity contribution is -0.134. The van der Waals surface area contributed by atoms with E-state index in [0.717, 1.165) is 16.9 Å². The van der Waals surface area contributed by atoms with E-state index in [-0.39, 0.29) is 12.5 Å². The molecule has 0 aliphatic heterocycles. The Hall–Kier alpha value is -3.27. The quantitative estimate of drug-likeness (QED) is 0.459. The molecule has 0 aliphatic carbocycles. The highest BCUT2D eigenvalue weighted by Gasteiger charge is 2.16. The van der Waals surface area contributed by atoms with E-state index in [1.54, 1.807) is 0 Å². The molecule has 0 saturated heterocycles. The van der Waals surface area contributed by atoms with Crippen molar-refractivity contribution in [3.8, 4) is 11.5 Å². The Morgan fingerprint density at radius 2 is 1.43 bits per heavy atom. The first-order chi connectivity index (χ1) is 14.6. The Morgan fingerprint density at radius 1 is 0.800 bits per heavy atom. The van der Waals surface area contributed by atoms with Crippen molar-refractivity contribution in [3.63, 3.8) is 0 Å². The van der Waals surface area contributed by atoms with Crippen LogP contribution in [-0.2, 0) is 17.9 Å². The number of hydrogen-bond acceptors (Lipinski definition) is 3. The van der Waals surface area contributed by atoms with Gasteiger partial charge in [-0.2, -0.15) is 0 Å². The number of ether oxygens (including phenoxy) is 2. The van der Waals surface area contributed by atoms with Crippen molar-refractivity contribution in [2.45, 2.75) is 27.0 Å². The van der Waals surface area contributed by atoms with E-state index in [1.807, 2.05) is 89.8 Å². The van der Waals surface area contributed by atoms with Gasteiger partial charge in [-0.15, -0.1) is 0 Å². The third kappa shape index (κ3) is 6.96. The van der Waals surface area contributed by atoms with Crippen LogP contribution in [0.1, 0.15) is 25.0 Å². The fraction of sp³-hybridized carbons (Fsp3) is 0.269. The summed E-state index contributed by atoms with van der Waals surface area (Å²) in [5.74, 6) is 1.84. The van der Waals surface area contributed by atoms with Crippen LogP contribution >= 0.6 is 0 Å². The number of rotatable bonds is 10. The molecule has 0 atom stereocenters. The van der Waals surface area contributed by atoms with Crippen LogP contribution in [0.2, 0.25) is 0 Å². The maximum Gasteiger partial charge on any atom is 0.260 e. The van der Waals surface area contributed by atoms with Gasteiger partial charge < -0.3 is 14.4 Å². The van der Waals surface area contributed by atoms with Crippen molar-refractivity contribution in [2.75, 3.05) is 13.2 Å².